The second kappa shape index (κ2) is 3.55. The number of benzene rings is 1. The molecule has 0 fully saturated rings. The molecule has 0 aliphatic rings. The maximum absolute atomic E-state index is 4.18. The van der Waals surface area contributed by atoms with Crippen LogP contribution in [-0.4, -0.2) is 0 Å². The van der Waals surface area contributed by atoms with Crippen molar-refractivity contribution in [2.24, 2.45) is 0 Å². The Bertz CT molecular complexity index is 267. The van der Waals surface area contributed by atoms with Crippen molar-refractivity contribution in [3.8, 4) is 0 Å². The molecule has 1 aromatic carbocycles. The van der Waals surface area contributed by atoms with Gasteiger partial charge in [0.2, 0.25) is 0 Å². The van der Waals surface area contributed by atoms with Gasteiger partial charge >= 0.3 is 0 Å². The summed E-state index contributed by atoms with van der Waals surface area (Å²) in [7, 11) is 1.51. The van der Waals surface area contributed by atoms with Gasteiger partial charge in [0.15, 0.2) is 0 Å². The van der Waals surface area contributed by atoms with Gasteiger partial charge < -0.3 is 0 Å². The monoisotopic (exact) mass is 184 g/mol. The highest BCUT2D eigenvalue weighted by atomic mass is 33.1. The van der Waals surface area contributed by atoms with Gasteiger partial charge in [0, 0.05) is 4.90 Å². The molecule has 1 rings (SSSR count). The van der Waals surface area contributed by atoms with E-state index < -0.39 is 0 Å². The molecule has 0 atom stereocenters. The van der Waals surface area contributed by atoms with Crippen molar-refractivity contribution in [3.05, 3.63) is 28.8 Å². The molecule has 0 heterocycles. The van der Waals surface area contributed by atoms with Crippen LogP contribution in [-0.2, 0) is 0 Å². The van der Waals surface area contributed by atoms with E-state index in [9.17, 15) is 0 Å². The predicted molar refractivity (Wildman–Crippen MR) is 55.5 cm³/mol. The molecule has 0 saturated heterocycles. The summed E-state index contributed by atoms with van der Waals surface area (Å²) in [5, 5.41) is 0. The average molecular weight is 184 g/mol. The van der Waals surface area contributed by atoms with Gasteiger partial charge in [-0.25, -0.2) is 0 Å². The van der Waals surface area contributed by atoms with Crippen LogP contribution in [0.4, 0.5) is 0 Å². The second-order valence-electron chi connectivity index (χ2n) is 2.79. The number of aryl methyl sites for hydroxylation is 3. The molecular weight excluding hydrogens is 172 g/mol. The molecule has 0 saturated carbocycles. The number of hydrogen-bond acceptors (Lipinski definition) is 2. The lowest BCUT2D eigenvalue weighted by Crippen LogP contribution is -1.84. The maximum atomic E-state index is 4.18. The Labute approximate surface area is 77.2 Å². The molecule has 0 aromatic heterocycles. The van der Waals surface area contributed by atoms with E-state index in [0.717, 1.165) is 0 Å². The van der Waals surface area contributed by atoms with Crippen molar-refractivity contribution in [3.63, 3.8) is 0 Å². The molecule has 0 nitrogen and oxygen atoms in total. The van der Waals surface area contributed by atoms with Crippen molar-refractivity contribution in [2.45, 2.75) is 25.7 Å². The molecule has 1 aromatic rings. The summed E-state index contributed by atoms with van der Waals surface area (Å²) in [6, 6.07) is 4.39. The SMILES string of the molecule is Cc1cc(C)c(SS)cc1C. The third kappa shape index (κ3) is 1.94. The first-order valence-corrected chi connectivity index (χ1v) is 5.41. The van der Waals surface area contributed by atoms with Crippen LogP contribution in [0, 0.1) is 20.8 Å². The Hall–Kier alpha value is -0.0800. The van der Waals surface area contributed by atoms with Crippen LogP contribution in [0.2, 0.25) is 0 Å². The van der Waals surface area contributed by atoms with E-state index in [2.05, 4.69) is 44.6 Å². The average Bonchev–Trinajstić information content (AvgIpc) is 1.97. The summed E-state index contributed by atoms with van der Waals surface area (Å²) in [6.07, 6.45) is 0. The molecule has 0 N–H and O–H groups in total. The first kappa shape index (κ1) is 9.01. The van der Waals surface area contributed by atoms with Crippen LogP contribution in [0.1, 0.15) is 16.7 Å². The Morgan fingerprint density at radius 3 is 2.09 bits per heavy atom. The molecule has 0 aliphatic carbocycles. The third-order valence-electron chi connectivity index (χ3n) is 1.89. The lowest BCUT2D eigenvalue weighted by molar-refractivity contribution is 1.21. The molecule has 0 aliphatic heterocycles. The van der Waals surface area contributed by atoms with Gasteiger partial charge in [0.05, 0.1) is 0 Å². The van der Waals surface area contributed by atoms with Crippen molar-refractivity contribution in [1.82, 2.24) is 0 Å². The number of hydrogen-bond donors (Lipinski definition) is 1. The van der Waals surface area contributed by atoms with E-state index in [1.54, 1.807) is 0 Å². The summed E-state index contributed by atoms with van der Waals surface area (Å²) < 4.78 is 0. The molecule has 60 valence electrons. The van der Waals surface area contributed by atoms with E-state index in [1.807, 2.05) is 0 Å². The molecule has 0 bridgehead atoms. The second-order valence-corrected chi connectivity index (χ2v) is 3.96. The molecule has 2 heteroatoms. The van der Waals surface area contributed by atoms with Gasteiger partial charge in [-0.2, -0.15) is 0 Å². The van der Waals surface area contributed by atoms with E-state index in [4.69, 9.17) is 0 Å². The predicted octanol–water partition coefficient (Wildman–Crippen LogP) is 3.55. The van der Waals surface area contributed by atoms with Crippen molar-refractivity contribution < 1.29 is 0 Å². The fourth-order valence-electron chi connectivity index (χ4n) is 1.03. The smallest absolute Gasteiger partial charge is 0.0212 e. The molecule has 0 radical (unpaired) electrons. The zero-order valence-electron chi connectivity index (χ0n) is 7.01. The van der Waals surface area contributed by atoms with Crippen LogP contribution in [0.15, 0.2) is 17.0 Å². The summed E-state index contributed by atoms with van der Waals surface area (Å²) >= 11 is 4.18. The lowest BCUT2D eigenvalue weighted by atomic mass is 10.1. The summed E-state index contributed by atoms with van der Waals surface area (Å²) in [6.45, 7) is 6.38. The van der Waals surface area contributed by atoms with Crippen molar-refractivity contribution in [1.29, 1.82) is 0 Å². The molecule has 0 amide bonds. The van der Waals surface area contributed by atoms with E-state index in [1.165, 1.54) is 32.4 Å². The minimum absolute atomic E-state index is 1.26. The largest absolute Gasteiger partial charge is 0.106 e. The van der Waals surface area contributed by atoms with Crippen molar-refractivity contribution >= 4 is 22.5 Å². The van der Waals surface area contributed by atoms with Gasteiger partial charge in [0.25, 0.3) is 0 Å². The lowest BCUT2D eigenvalue weighted by Gasteiger charge is -2.05. The van der Waals surface area contributed by atoms with Gasteiger partial charge in [-0.05, 0) is 43.5 Å². The topological polar surface area (TPSA) is 0 Å². The summed E-state index contributed by atoms with van der Waals surface area (Å²) in [5.74, 6) is 0. The van der Waals surface area contributed by atoms with Gasteiger partial charge in [-0.15, -0.1) is 11.7 Å². The highest BCUT2D eigenvalue weighted by Gasteiger charge is 1.99. The van der Waals surface area contributed by atoms with E-state index in [0.29, 0.717) is 0 Å². The van der Waals surface area contributed by atoms with Gasteiger partial charge in [0.1, 0.15) is 0 Å². The fourth-order valence-corrected chi connectivity index (χ4v) is 2.05. The highest BCUT2D eigenvalue weighted by molar-refractivity contribution is 8.68. The van der Waals surface area contributed by atoms with Crippen molar-refractivity contribution in [2.75, 3.05) is 0 Å². The van der Waals surface area contributed by atoms with Crippen LogP contribution in [0.3, 0.4) is 0 Å². The standard InChI is InChI=1S/C9H12S2/c1-6-4-8(3)9(11-10)5-7(6)2/h4-5,10H,1-3H3. The summed E-state index contributed by atoms with van der Waals surface area (Å²) in [5.41, 5.74) is 4.01. The quantitative estimate of drug-likeness (QED) is 0.514. The van der Waals surface area contributed by atoms with Crippen LogP contribution >= 0.6 is 22.5 Å². The Morgan fingerprint density at radius 1 is 1.00 bits per heavy atom. The Morgan fingerprint density at radius 2 is 1.55 bits per heavy atom. The van der Waals surface area contributed by atoms with Gasteiger partial charge in [-0.3, -0.25) is 0 Å². The normalized spacial score (nSPS) is 10.2. The van der Waals surface area contributed by atoms with Gasteiger partial charge in [-0.1, -0.05) is 16.9 Å². The number of thiol groups is 1. The highest BCUT2D eigenvalue weighted by Crippen LogP contribution is 2.27. The van der Waals surface area contributed by atoms with Crippen LogP contribution in [0.5, 0.6) is 0 Å². The Kier molecular flexibility index (Phi) is 2.90. The molecule has 0 spiro atoms. The minimum Gasteiger partial charge on any atom is -0.106 e. The minimum atomic E-state index is 1.26. The van der Waals surface area contributed by atoms with Crippen LogP contribution < -0.4 is 0 Å². The molecule has 0 unspecified atom stereocenters. The third-order valence-corrected chi connectivity index (χ3v) is 3.12. The summed E-state index contributed by atoms with van der Waals surface area (Å²) in [4.78, 5) is 1.26. The first-order valence-electron chi connectivity index (χ1n) is 3.54. The fraction of sp³-hybridized carbons (Fsp3) is 0.333. The van der Waals surface area contributed by atoms with E-state index >= 15 is 0 Å². The molecular formula is C9H12S2. The maximum Gasteiger partial charge on any atom is 0.0212 e. The molecule has 11 heavy (non-hydrogen) atoms. The zero-order valence-corrected chi connectivity index (χ0v) is 8.72. The Balaban J connectivity index is 3.21. The van der Waals surface area contributed by atoms with E-state index in [-0.39, 0.29) is 0 Å². The number of rotatable bonds is 1. The zero-order chi connectivity index (χ0) is 8.43. The van der Waals surface area contributed by atoms with Crippen LogP contribution in [0.25, 0.3) is 0 Å². The first-order chi connectivity index (χ1) is 5.15.